The number of carbonyl (C=O) groups excluding carboxylic acids is 1. The third-order valence-corrected chi connectivity index (χ3v) is 7.61. The highest BCUT2D eigenvalue weighted by Crippen LogP contribution is 2.29. The van der Waals surface area contributed by atoms with E-state index < -0.39 is 0 Å². The van der Waals surface area contributed by atoms with Crippen LogP contribution in [0.25, 0.3) is 4.96 Å². The number of rotatable bonds is 4. The quantitative estimate of drug-likeness (QED) is 0.566. The minimum Gasteiger partial charge on any atom is -0.337 e. The second-order valence-electron chi connectivity index (χ2n) is 9.01. The number of benzene rings is 1. The van der Waals surface area contributed by atoms with Gasteiger partial charge in [0.25, 0.3) is 5.91 Å². The van der Waals surface area contributed by atoms with Gasteiger partial charge in [0.2, 0.25) is 0 Å². The first-order valence-corrected chi connectivity index (χ1v) is 12.7. The normalized spacial score (nSPS) is 21.2. The molecule has 2 saturated heterocycles. The summed E-state index contributed by atoms with van der Waals surface area (Å²) in [6, 6.07) is 10.9. The van der Waals surface area contributed by atoms with Crippen LogP contribution in [0.15, 0.2) is 41.9 Å². The van der Waals surface area contributed by atoms with Crippen LogP contribution >= 0.6 is 11.3 Å². The summed E-state index contributed by atoms with van der Waals surface area (Å²) in [4.78, 5) is 23.8. The molecule has 6 heteroatoms. The Morgan fingerprint density at radius 2 is 1.77 bits per heavy atom. The van der Waals surface area contributed by atoms with Crippen molar-refractivity contribution in [1.29, 1.82) is 0 Å². The summed E-state index contributed by atoms with van der Waals surface area (Å²) in [5.74, 6) is 0.693. The molecule has 31 heavy (non-hydrogen) atoms. The van der Waals surface area contributed by atoms with E-state index >= 15 is 0 Å². The van der Waals surface area contributed by atoms with Crippen LogP contribution in [0.1, 0.15) is 72.6 Å². The zero-order chi connectivity index (χ0) is 21.0. The van der Waals surface area contributed by atoms with Gasteiger partial charge in [-0.3, -0.25) is 14.1 Å². The number of hydrogen-bond acceptors (Lipinski definition) is 4. The Morgan fingerprint density at radius 1 is 1.00 bits per heavy atom. The number of hydrogen-bond donors (Lipinski definition) is 0. The fourth-order valence-electron chi connectivity index (χ4n) is 5.16. The van der Waals surface area contributed by atoms with Crippen LogP contribution in [0.2, 0.25) is 0 Å². The Balaban J connectivity index is 1.38. The molecule has 5 nitrogen and oxygen atoms in total. The van der Waals surface area contributed by atoms with Crippen LogP contribution in [0.5, 0.6) is 0 Å². The molecule has 0 aliphatic carbocycles. The van der Waals surface area contributed by atoms with Crippen LogP contribution in [-0.4, -0.2) is 51.3 Å². The van der Waals surface area contributed by atoms with Crippen molar-refractivity contribution in [2.45, 2.75) is 57.4 Å². The highest BCUT2D eigenvalue weighted by Gasteiger charge is 2.28. The fourth-order valence-corrected chi connectivity index (χ4v) is 5.90. The molecule has 164 valence electrons. The first-order chi connectivity index (χ1) is 15.3. The van der Waals surface area contributed by atoms with Gasteiger partial charge in [0.1, 0.15) is 0 Å². The van der Waals surface area contributed by atoms with Gasteiger partial charge in [0, 0.05) is 37.8 Å². The molecule has 0 spiro atoms. The highest BCUT2D eigenvalue weighted by molar-refractivity contribution is 7.15. The second kappa shape index (κ2) is 9.53. The maximum Gasteiger partial charge on any atom is 0.274 e. The van der Waals surface area contributed by atoms with Gasteiger partial charge in [-0.05, 0) is 43.7 Å². The topological polar surface area (TPSA) is 40.9 Å². The SMILES string of the molecule is O=C(c1nc2sccn2c1CN1CCC[C@@H](c2ccccc2)C1)N1CCCCCCC1. The van der Waals surface area contributed by atoms with Gasteiger partial charge in [0.05, 0.1) is 5.69 Å². The Kier molecular flexibility index (Phi) is 6.37. The lowest BCUT2D eigenvalue weighted by Gasteiger charge is -2.33. The van der Waals surface area contributed by atoms with Gasteiger partial charge in [-0.25, -0.2) is 4.98 Å². The summed E-state index contributed by atoms with van der Waals surface area (Å²) in [5.41, 5.74) is 3.17. The van der Waals surface area contributed by atoms with E-state index in [0.29, 0.717) is 11.6 Å². The molecular formula is C25H32N4OS. The van der Waals surface area contributed by atoms with E-state index in [1.54, 1.807) is 11.3 Å². The predicted octanol–water partition coefficient (Wildman–Crippen LogP) is 5.18. The number of thiazole rings is 1. The second-order valence-corrected chi connectivity index (χ2v) is 9.88. The first kappa shape index (κ1) is 20.7. The smallest absolute Gasteiger partial charge is 0.274 e. The number of piperidine rings is 1. The summed E-state index contributed by atoms with van der Waals surface area (Å²) in [6.07, 6.45) is 10.5. The fraction of sp³-hybridized carbons (Fsp3) is 0.520. The minimum absolute atomic E-state index is 0.129. The number of aromatic nitrogens is 2. The molecule has 2 fully saturated rings. The molecule has 3 aromatic rings. The van der Waals surface area contributed by atoms with Crippen molar-refractivity contribution >= 4 is 22.2 Å². The molecule has 1 atom stereocenters. The molecule has 0 radical (unpaired) electrons. The molecule has 0 unspecified atom stereocenters. The maximum atomic E-state index is 13.5. The van der Waals surface area contributed by atoms with Crippen molar-refractivity contribution in [2.75, 3.05) is 26.2 Å². The van der Waals surface area contributed by atoms with Crippen LogP contribution in [0.4, 0.5) is 0 Å². The van der Waals surface area contributed by atoms with Gasteiger partial charge in [-0.15, -0.1) is 11.3 Å². The summed E-state index contributed by atoms with van der Waals surface area (Å²) in [6.45, 7) is 4.64. The zero-order valence-electron chi connectivity index (χ0n) is 18.2. The molecular weight excluding hydrogens is 404 g/mol. The van der Waals surface area contributed by atoms with Gasteiger partial charge >= 0.3 is 0 Å². The number of imidazole rings is 1. The van der Waals surface area contributed by atoms with Crippen molar-refractivity contribution in [1.82, 2.24) is 19.2 Å². The van der Waals surface area contributed by atoms with Gasteiger partial charge in [-0.1, -0.05) is 49.6 Å². The van der Waals surface area contributed by atoms with Gasteiger partial charge in [0.15, 0.2) is 10.7 Å². The number of nitrogens with zero attached hydrogens (tertiary/aromatic N) is 4. The van der Waals surface area contributed by atoms with Crippen molar-refractivity contribution in [2.24, 2.45) is 0 Å². The van der Waals surface area contributed by atoms with E-state index in [9.17, 15) is 4.79 Å². The monoisotopic (exact) mass is 436 g/mol. The van der Waals surface area contributed by atoms with E-state index in [4.69, 9.17) is 4.98 Å². The molecule has 0 N–H and O–H groups in total. The van der Waals surface area contributed by atoms with Crippen molar-refractivity contribution in [3.8, 4) is 0 Å². The van der Waals surface area contributed by atoms with Crippen LogP contribution in [0, 0.1) is 0 Å². The van der Waals surface area contributed by atoms with Gasteiger partial charge < -0.3 is 4.90 Å². The van der Waals surface area contributed by atoms with E-state index in [2.05, 4.69) is 56.1 Å². The lowest BCUT2D eigenvalue weighted by Crippen LogP contribution is -2.37. The van der Waals surface area contributed by atoms with E-state index in [1.165, 1.54) is 37.7 Å². The molecule has 2 aliphatic heterocycles. The van der Waals surface area contributed by atoms with Crippen LogP contribution < -0.4 is 0 Å². The molecule has 0 bridgehead atoms. The first-order valence-electron chi connectivity index (χ1n) is 11.8. The van der Waals surface area contributed by atoms with E-state index in [-0.39, 0.29) is 5.91 Å². The average Bonchev–Trinajstić information content (AvgIpc) is 3.37. The standard InChI is InChI=1S/C25H32N4OS/c30-24(28-14-7-2-1-3-8-15-28)23-22(29-16-17-31-25(29)26-23)19-27-13-9-12-21(18-27)20-10-5-4-6-11-20/h4-6,10-11,16-17,21H,1-3,7-9,12-15,18-19H2/t21-/m1/s1. The van der Waals surface area contributed by atoms with Gasteiger partial charge in [-0.2, -0.15) is 0 Å². The third kappa shape index (κ3) is 4.55. The number of fused-ring (bicyclic) bond motifs is 1. The van der Waals surface area contributed by atoms with Crippen molar-refractivity contribution < 1.29 is 4.79 Å². The molecule has 1 aromatic carbocycles. The van der Waals surface area contributed by atoms with E-state index in [1.807, 2.05) is 0 Å². The molecule has 5 rings (SSSR count). The molecule has 1 amide bonds. The Labute approximate surface area is 188 Å². The lowest BCUT2D eigenvalue weighted by atomic mass is 9.90. The summed E-state index contributed by atoms with van der Waals surface area (Å²) < 4.78 is 2.15. The third-order valence-electron chi connectivity index (χ3n) is 6.86. The van der Waals surface area contributed by atoms with Crippen LogP contribution in [-0.2, 0) is 6.54 Å². The van der Waals surface area contributed by atoms with Crippen molar-refractivity contribution in [3.05, 3.63) is 58.9 Å². The Bertz CT molecular complexity index is 1000. The Morgan fingerprint density at radius 3 is 2.58 bits per heavy atom. The minimum atomic E-state index is 0.129. The summed E-state index contributed by atoms with van der Waals surface area (Å²) in [7, 11) is 0. The van der Waals surface area contributed by atoms with Crippen LogP contribution in [0.3, 0.4) is 0 Å². The lowest BCUT2D eigenvalue weighted by molar-refractivity contribution is 0.0734. The Hall–Kier alpha value is -2.18. The summed E-state index contributed by atoms with van der Waals surface area (Å²) in [5, 5.41) is 2.07. The maximum absolute atomic E-state index is 13.5. The number of carbonyl (C=O) groups is 1. The molecule has 2 aromatic heterocycles. The number of amides is 1. The van der Waals surface area contributed by atoms with E-state index in [0.717, 1.165) is 56.2 Å². The predicted molar refractivity (Wildman–Crippen MR) is 126 cm³/mol. The zero-order valence-corrected chi connectivity index (χ0v) is 19.0. The van der Waals surface area contributed by atoms with Crippen molar-refractivity contribution in [3.63, 3.8) is 0 Å². The molecule has 2 aliphatic rings. The number of likely N-dealkylation sites (tertiary alicyclic amines) is 2. The average molecular weight is 437 g/mol. The largest absolute Gasteiger partial charge is 0.337 e. The highest BCUT2D eigenvalue weighted by atomic mass is 32.1. The molecule has 0 saturated carbocycles. The summed E-state index contributed by atoms with van der Waals surface area (Å²) >= 11 is 1.62. The molecule has 4 heterocycles.